The molecule has 0 aliphatic carbocycles. The lowest BCUT2D eigenvalue weighted by Gasteiger charge is -2.25. The summed E-state index contributed by atoms with van der Waals surface area (Å²) in [7, 11) is 1.57. The maximum absolute atomic E-state index is 13.2. The number of amides is 1. The van der Waals surface area contributed by atoms with Crippen LogP contribution in [0.2, 0.25) is 5.02 Å². The molecule has 3 rings (SSSR count). The standard InChI is InChI=1S/C22H25ClN6O3/c1-4-32-21(31)14(2)24-19(20(30)29(3)22-25-27-28-26-22)12-15-8-10-16(11-9-15)17-6-5-7-18(23)13-17/h5-11,13-14,19,24H,4,12H2,1-3H3,(H,25,26,27,28)/t14-,19-/m0/s1. The minimum Gasteiger partial charge on any atom is -0.465 e. The lowest BCUT2D eigenvalue weighted by Crippen LogP contribution is -2.52. The Balaban J connectivity index is 1.79. The molecule has 0 spiro atoms. The first-order chi connectivity index (χ1) is 15.4. The summed E-state index contributed by atoms with van der Waals surface area (Å²) in [6.07, 6.45) is 0.351. The van der Waals surface area contributed by atoms with Gasteiger partial charge in [-0.15, -0.1) is 0 Å². The number of ether oxygens (including phenoxy) is 1. The van der Waals surface area contributed by atoms with Crippen molar-refractivity contribution in [2.75, 3.05) is 18.6 Å². The Morgan fingerprint density at radius 1 is 1.19 bits per heavy atom. The first kappa shape index (κ1) is 23.4. The summed E-state index contributed by atoms with van der Waals surface area (Å²) in [5.74, 6) is -0.508. The Bertz CT molecular complexity index is 1040. The predicted octanol–water partition coefficient (Wildman–Crippen LogP) is 2.64. The van der Waals surface area contributed by atoms with E-state index in [9.17, 15) is 9.59 Å². The molecule has 168 valence electrons. The fourth-order valence-corrected chi connectivity index (χ4v) is 3.42. The number of nitrogens with one attached hydrogen (secondary N) is 2. The van der Waals surface area contributed by atoms with Crippen LogP contribution in [-0.2, 0) is 20.7 Å². The fraction of sp³-hybridized carbons (Fsp3) is 0.318. The fourth-order valence-electron chi connectivity index (χ4n) is 3.23. The third kappa shape index (κ3) is 5.89. The molecule has 10 heteroatoms. The number of likely N-dealkylation sites (N-methyl/N-ethyl adjacent to an activating group) is 1. The molecule has 2 aromatic carbocycles. The summed E-state index contributed by atoms with van der Waals surface area (Å²) in [5, 5.41) is 17.1. The van der Waals surface area contributed by atoms with Gasteiger partial charge in [-0.05, 0) is 59.5 Å². The van der Waals surface area contributed by atoms with Gasteiger partial charge in [0.15, 0.2) is 0 Å². The minimum absolute atomic E-state index is 0.210. The summed E-state index contributed by atoms with van der Waals surface area (Å²) in [4.78, 5) is 26.6. The highest BCUT2D eigenvalue weighted by Crippen LogP contribution is 2.23. The Kier molecular flexibility index (Phi) is 7.91. The Morgan fingerprint density at radius 3 is 2.56 bits per heavy atom. The number of rotatable bonds is 9. The molecule has 0 aliphatic heterocycles. The van der Waals surface area contributed by atoms with Gasteiger partial charge in [0.05, 0.1) is 12.6 Å². The molecule has 1 aromatic heterocycles. The van der Waals surface area contributed by atoms with Gasteiger partial charge in [-0.3, -0.25) is 19.8 Å². The van der Waals surface area contributed by atoms with Gasteiger partial charge in [-0.25, -0.2) is 5.10 Å². The van der Waals surface area contributed by atoms with Gasteiger partial charge in [0.25, 0.3) is 0 Å². The highest BCUT2D eigenvalue weighted by molar-refractivity contribution is 6.30. The van der Waals surface area contributed by atoms with Crippen LogP contribution in [-0.4, -0.2) is 58.2 Å². The second-order valence-electron chi connectivity index (χ2n) is 7.23. The van der Waals surface area contributed by atoms with E-state index in [-0.39, 0.29) is 18.5 Å². The van der Waals surface area contributed by atoms with Crippen LogP contribution in [0.25, 0.3) is 11.1 Å². The Morgan fingerprint density at radius 2 is 1.94 bits per heavy atom. The minimum atomic E-state index is -0.707. The van der Waals surface area contributed by atoms with Crippen LogP contribution in [0.1, 0.15) is 19.4 Å². The van der Waals surface area contributed by atoms with Crippen LogP contribution in [0.4, 0.5) is 5.95 Å². The second-order valence-corrected chi connectivity index (χ2v) is 7.66. The number of esters is 1. The highest BCUT2D eigenvalue weighted by atomic mass is 35.5. The number of aromatic amines is 1. The Hall–Kier alpha value is -3.30. The van der Waals surface area contributed by atoms with Crippen LogP contribution < -0.4 is 10.2 Å². The summed E-state index contributed by atoms with van der Waals surface area (Å²) in [5.41, 5.74) is 2.93. The maximum atomic E-state index is 13.2. The first-order valence-corrected chi connectivity index (χ1v) is 10.6. The predicted molar refractivity (Wildman–Crippen MR) is 121 cm³/mol. The van der Waals surface area contributed by atoms with E-state index in [1.807, 2.05) is 48.5 Å². The summed E-state index contributed by atoms with van der Waals surface area (Å²) in [6, 6.07) is 14.1. The van der Waals surface area contributed by atoms with Crippen molar-refractivity contribution in [1.29, 1.82) is 0 Å². The SMILES string of the molecule is CCOC(=O)[C@H](C)N[C@@H](Cc1ccc(-c2cccc(Cl)c2)cc1)C(=O)N(C)c1nnn[nH]1. The van der Waals surface area contributed by atoms with E-state index >= 15 is 0 Å². The zero-order valence-corrected chi connectivity index (χ0v) is 18.8. The number of hydrogen-bond acceptors (Lipinski definition) is 7. The number of carbonyl (C=O) groups excluding carboxylic acids is 2. The number of tetrazole rings is 1. The van der Waals surface area contributed by atoms with E-state index in [4.69, 9.17) is 16.3 Å². The molecular formula is C22H25ClN6O3. The van der Waals surface area contributed by atoms with E-state index in [2.05, 4.69) is 25.9 Å². The van der Waals surface area contributed by atoms with Gasteiger partial charge < -0.3 is 4.74 Å². The van der Waals surface area contributed by atoms with E-state index in [1.165, 1.54) is 4.90 Å². The van der Waals surface area contributed by atoms with E-state index in [0.29, 0.717) is 11.4 Å². The van der Waals surface area contributed by atoms with Crippen LogP contribution in [0.15, 0.2) is 48.5 Å². The second kappa shape index (κ2) is 10.8. The number of anilines is 1. The normalized spacial score (nSPS) is 12.8. The van der Waals surface area contributed by atoms with Crippen molar-refractivity contribution in [3.8, 4) is 11.1 Å². The van der Waals surface area contributed by atoms with Crippen molar-refractivity contribution >= 4 is 29.4 Å². The largest absolute Gasteiger partial charge is 0.465 e. The number of aromatic nitrogens is 4. The number of nitrogens with zero attached hydrogens (tertiary/aromatic N) is 4. The Labute approximate surface area is 191 Å². The van der Waals surface area contributed by atoms with E-state index < -0.39 is 18.1 Å². The molecule has 0 fully saturated rings. The summed E-state index contributed by atoms with van der Waals surface area (Å²) >= 11 is 6.09. The van der Waals surface area contributed by atoms with Gasteiger partial charge in [0.1, 0.15) is 6.04 Å². The third-order valence-corrected chi connectivity index (χ3v) is 5.16. The van der Waals surface area contributed by atoms with Crippen molar-refractivity contribution in [1.82, 2.24) is 25.9 Å². The van der Waals surface area contributed by atoms with Gasteiger partial charge in [0, 0.05) is 12.1 Å². The number of benzene rings is 2. The molecule has 3 aromatic rings. The molecule has 1 heterocycles. The van der Waals surface area contributed by atoms with Crippen LogP contribution in [0.3, 0.4) is 0 Å². The molecule has 0 unspecified atom stereocenters. The average molecular weight is 457 g/mol. The number of hydrogen-bond donors (Lipinski definition) is 2. The number of halogens is 1. The summed E-state index contributed by atoms with van der Waals surface area (Å²) in [6.45, 7) is 3.66. The van der Waals surface area contributed by atoms with Crippen molar-refractivity contribution in [3.63, 3.8) is 0 Å². The molecule has 32 heavy (non-hydrogen) atoms. The zero-order chi connectivity index (χ0) is 23.1. The lowest BCUT2D eigenvalue weighted by molar-refractivity contribution is -0.145. The first-order valence-electron chi connectivity index (χ1n) is 10.2. The quantitative estimate of drug-likeness (QED) is 0.476. The van der Waals surface area contributed by atoms with E-state index in [1.54, 1.807) is 20.9 Å². The van der Waals surface area contributed by atoms with Gasteiger partial charge >= 0.3 is 5.97 Å². The molecular weight excluding hydrogens is 432 g/mol. The number of H-pyrrole nitrogens is 1. The van der Waals surface area contributed by atoms with Crippen molar-refractivity contribution in [2.24, 2.45) is 0 Å². The molecule has 2 N–H and O–H groups in total. The van der Waals surface area contributed by atoms with Crippen LogP contribution in [0.5, 0.6) is 0 Å². The van der Waals surface area contributed by atoms with Crippen molar-refractivity contribution in [2.45, 2.75) is 32.4 Å². The lowest BCUT2D eigenvalue weighted by atomic mass is 9.99. The molecule has 0 aliphatic rings. The highest BCUT2D eigenvalue weighted by Gasteiger charge is 2.28. The topological polar surface area (TPSA) is 113 Å². The molecule has 0 bridgehead atoms. The molecule has 1 amide bonds. The van der Waals surface area contributed by atoms with Gasteiger partial charge in [-0.2, -0.15) is 0 Å². The summed E-state index contributed by atoms with van der Waals surface area (Å²) < 4.78 is 5.07. The average Bonchev–Trinajstić information content (AvgIpc) is 3.33. The molecule has 0 saturated carbocycles. The maximum Gasteiger partial charge on any atom is 0.322 e. The van der Waals surface area contributed by atoms with Crippen LogP contribution >= 0.6 is 11.6 Å². The zero-order valence-electron chi connectivity index (χ0n) is 18.1. The monoisotopic (exact) mass is 456 g/mol. The smallest absolute Gasteiger partial charge is 0.322 e. The molecule has 0 radical (unpaired) electrons. The van der Waals surface area contributed by atoms with Crippen molar-refractivity contribution in [3.05, 3.63) is 59.1 Å². The molecule has 0 saturated heterocycles. The molecule has 9 nitrogen and oxygen atoms in total. The van der Waals surface area contributed by atoms with Gasteiger partial charge in [-0.1, -0.05) is 53.1 Å². The number of carbonyl (C=O) groups is 2. The van der Waals surface area contributed by atoms with E-state index in [0.717, 1.165) is 16.7 Å². The molecule has 2 atom stereocenters. The van der Waals surface area contributed by atoms with Gasteiger partial charge in [0.2, 0.25) is 11.9 Å². The van der Waals surface area contributed by atoms with Crippen LogP contribution in [0, 0.1) is 0 Å². The van der Waals surface area contributed by atoms with Crippen molar-refractivity contribution < 1.29 is 14.3 Å². The third-order valence-electron chi connectivity index (χ3n) is 4.92.